The SMILES string of the molecule is Cl.Cl.N[C@@H](Cc1cnc[nH]1)C(=O)N1CCN(Cc2ccc(Cl)cc2)CC1. The van der Waals surface area contributed by atoms with Gasteiger partial charge in [0.15, 0.2) is 0 Å². The van der Waals surface area contributed by atoms with E-state index < -0.39 is 6.04 Å². The monoisotopic (exact) mass is 419 g/mol. The number of carbonyl (C=O) groups excluding carboxylic acids is 1. The van der Waals surface area contributed by atoms with E-state index in [0.29, 0.717) is 19.5 Å². The van der Waals surface area contributed by atoms with Crippen LogP contribution in [0.3, 0.4) is 0 Å². The van der Waals surface area contributed by atoms with Crippen LogP contribution in [0.25, 0.3) is 0 Å². The highest BCUT2D eigenvalue weighted by atomic mass is 35.5. The average Bonchev–Trinajstić information content (AvgIpc) is 3.10. The lowest BCUT2D eigenvalue weighted by atomic mass is 10.1. The van der Waals surface area contributed by atoms with E-state index in [4.69, 9.17) is 17.3 Å². The Hall–Kier alpha value is -1.31. The van der Waals surface area contributed by atoms with E-state index in [1.807, 2.05) is 29.2 Å². The molecule has 2 heterocycles. The van der Waals surface area contributed by atoms with Gasteiger partial charge in [-0.1, -0.05) is 23.7 Å². The number of nitrogens with two attached hydrogens (primary N) is 1. The predicted octanol–water partition coefficient (Wildman–Crippen LogP) is 2.12. The number of halogens is 3. The quantitative estimate of drug-likeness (QED) is 0.776. The predicted molar refractivity (Wildman–Crippen MR) is 108 cm³/mol. The van der Waals surface area contributed by atoms with Gasteiger partial charge in [-0.25, -0.2) is 4.98 Å². The fraction of sp³-hybridized carbons (Fsp3) is 0.412. The first-order valence-corrected chi connectivity index (χ1v) is 8.48. The van der Waals surface area contributed by atoms with Crippen molar-refractivity contribution in [2.45, 2.75) is 19.0 Å². The van der Waals surface area contributed by atoms with Crippen molar-refractivity contribution in [1.29, 1.82) is 0 Å². The number of amides is 1. The van der Waals surface area contributed by atoms with Gasteiger partial charge in [0.25, 0.3) is 0 Å². The Labute approximate surface area is 170 Å². The van der Waals surface area contributed by atoms with Crippen LogP contribution in [0, 0.1) is 0 Å². The molecule has 6 nitrogen and oxygen atoms in total. The highest BCUT2D eigenvalue weighted by molar-refractivity contribution is 6.30. The Morgan fingerprint density at radius 1 is 1.19 bits per heavy atom. The molecule has 1 aromatic heterocycles. The summed E-state index contributed by atoms with van der Waals surface area (Å²) < 4.78 is 0. The van der Waals surface area contributed by atoms with Crippen molar-refractivity contribution < 1.29 is 4.79 Å². The molecule has 1 fully saturated rings. The zero-order chi connectivity index (χ0) is 16.9. The molecule has 2 aromatic rings. The maximum atomic E-state index is 12.5. The van der Waals surface area contributed by atoms with E-state index in [1.54, 1.807) is 12.5 Å². The number of piperazine rings is 1. The van der Waals surface area contributed by atoms with Crippen molar-refractivity contribution >= 4 is 42.3 Å². The van der Waals surface area contributed by atoms with Crippen LogP contribution in [0.4, 0.5) is 0 Å². The summed E-state index contributed by atoms with van der Waals surface area (Å²) in [5.74, 6) is 0.00995. The summed E-state index contributed by atoms with van der Waals surface area (Å²) in [6.07, 6.45) is 3.79. The molecule has 0 bridgehead atoms. The number of imidazole rings is 1. The number of H-pyrrole nitrogens is 1. The summed E-state index contributed by atoms with van der Waals surface area (Å²) in [5.41, 5.74) is 8.16. The van der Waals surface area contributed by atoms with Gasteiger partial charge >= 0.3 is 0 Å². The summed E-state index contributed by atoms with van der Waals surface area (Å²) in [7, 11) is 0. The highest BCUT2D eigenvalue weighted by Gasteiger charge is 2.25. The Kier molecular flexibility index (Phi) is 9.39. The third-order valence-corrected chi connectivity index (χ3v) is 4.57. The normalized spacial score (nSPS) is 15.7. The van der Waals surface area contributed by atoms with E-state index in [-0.39, 0.29) is 30.7 Å². The lowest BCUT2D eigenvalue weighted by Crippen LogP contribution is -2.53. The van der Waals surface area contributed by atoms with Crippen molar-refractivity contribution in [1.82, 2.24) is 19.8 Å². The number of nitrogens with one attached hydrogen (secondary N) is 1. The lowest BCUT2D eigenvalue weighted by molar-refractivity contribution is -0.134. The number of aromatic amines is 1. The van der Waals surface area contributed by atoms with Gasteiger partial charge in [0.2, 0.25) is 5.91 Å². The maximum absolute atomic E-state index is 12.5. The third-order valence-electron chi connectivity index (χ3n) is 4.32. The first-order chi connectivity index (χ1) is 11.6. The molecular formula is C17H24Cl3N5O. The molecule has 3 N–H and O–H groups in total. The molecule has 1 atom stereocenters. The second-order valence-electron chi connectivity index (χ2n) is 6.12. The largest absolute Gasteiger partial charge is 0.348 e. The molecule has 0 spiro atoms. The van der Waals surface area contributed by atoms with Crippen LogP contribution in [-0.2, 0) is 17.8 Å². The van der Waals surface area contributed by atoms with Crippen molar-refractivity contribution in [3.05, 3.63) is 53.1 Å². The van der Waals surface area contributed by atoms with Gasteiger partial charge in [-0.3, -0.25) is 9.69 Å². The van der Waals surface area contributed by atoms with Crippen LogP contribution in [0.1, 0.15) is 11.3 Å². The van der Waals surface area contributed by atoms with Gasteiger partial charge < -0.3 is 15.6 Å². The molecular weight excluding hydrogens is 397 g/mol. The lowest BCUT2D eigenvalue weighted by Gasteiger charge is -2.35. The van der Waals surface area contributed by atoms with Gasteiger partial charge in [-0.05, 0) is 17.7 Å². The summed E-state index contributed by atoms with van der Waals surface area (Å²) >= 11 is 5.91. The average molecular weight is 421 g/mol. The van der Waals surface area contributed by atoms with Crippen molar-refractivity contribution in [3.8, 4) is 0 Å². The van der Waals surface area contributed by atoms with Crippen LogP contribution in [0.2, 0.25) is 5.02 Å². The molecule has 9 heteroatoms. The van der Waals surface area contributed by atoms with Gasteiger partial charge in [-0.2, -0.15) is 0 Å². The molecule has 0 unspecified atom stereocenters. The Morgan fingerprint density at radius 2 is 1.85 bits per heavy atom. The van der Waals surface area contributed by atoms with E-state index >= 15 is 0 Å². The second kappa shape index (κ2) is 10.7. The number of carbonyl (C=O) groups is 1. The number of benzene rings is 1. The van der Waals surface area contributed by atoms with Gasteiger partial charge in [0.05, 0.1) is 12.4 Å². The zero-order valence-corrected chi connectivity index (χ0v) is 16.7. The molecule has 144 valence electrons. The smallest absolute Gasteiger partial charge is 0.239 e. The van der Waals surface area contributed by atoms with Crippen molar-refractivity contribution in [2.24, 2.45) is 5.73 Å². The number of nitrogens with zero attached hydrogens (tertiary/aromatic N) is 3. The zero-order valence-electron chi connectivity index (χ0n) is 14.3. The molecule has 1 aliphatic heterocycles. The third kappa shape index (κ3) is 6.14. The van der Waals surface area contributed by atoms with E-state index in [9.17, 15) is 4.79 Å². The van der Waals surface area contributed by atoms with Crippen LogP contribution in [-0.4, -0.2) is 57.9 Å². The van der Waals surface area contributed by atoms with Crippen LogP contribution >= 0.6 is 36.4 Å². The fourth-order valence-corrected chi connectivity index (χ4v) is 3.06. The summed E-state index contributed by atoms with van der Waals surface area (Å²) in [5, 5.41) is 0.750. The Bertz CT molecular complexity index is 658. The highest BCUT2D eigenvalue weighted by Crippen LogP contribution is 2.13. The Balaban J connectivity index is 0.00000169. The van der Waals surface area contributed by atoms with Crippen LogP contribution in [0.15, 0.2) is 36.8 Å². The minimum absolute atomic E-state index is 0. The minimum atomic E-state index is -0.520. The molecule has 1 saturated heterocycles. The molecule has 26 heavy (non-hydrogen) atoms. The number of rotatable bonds is 5. The first kappa shape index (κ1) is 22.7. The number of aromatic nitrogens is 2. The van der Waals surface area contributed by atoms with Crippen LogP contribution in [0.5, 0.6) is 0 Å². The molecule has 0 radical (unpaired) electrons. The molecule has 1 aliphatic rings. The van der Waals surface area contributed by atoms with Gasteiger partial charge in [-0.15, -0.1) is 24.8 Å². The van der Waals surface area contributed by atoms with Gasteiger partial charge in [0.1, 0.15) is 0 Å². The molecule has 0 aliphatic carbocycles. The van der Waals surface area contributed by atoms with Crippen LogP contribution < -0.4 is 5.73 Å². The summed E-state index contributed by atoms with van der Waals surface area (Å²) in [4.78, 5) is 23.6. The molecule has 1 aromatic carbocycles. The number of hydrogen-bond donors (Lipinski definition) is 2. The second-order valence-corrected chi connectivity index (χ2v) is 6.55. The van der Waals surface area contributed by atoms with Crippen molar-refractivity contribution in [3.63, 3.8) is 0 Å². The van der Waals surface area contributed by atoms with Crippen molar-refractivity contribution in [2.75, 3.05) is 26.2 Å². The first-order valence-electron chi connectivity index (χ1n) is 8.10. The molecule has 3 rings (SSSR count). The number of hydrogen-bond acceptors (Lipinski definition) is 4. The minimum Gasteiger partial charge on any atom is -0.348 e. The molecule has 0 saturated carbocycles. The topological polar surface area (TPSA) is 78.2 Å². The maximum Gasteiger partial charge on any atom is 0.239 e. The summed E-state index contributed by atoms with van der Waals surface area (Å²) in [6, 6.07) is 7.38. The van der Waals surface area contributed by atoms with E-state index in [2.05, 4.69) is 14.9 Å². The van der Waals surface area contributed by atoms with E-state index in [0.717, 1.165) is 30.4 Å². The fourth-order valence-electron chi connectivity index (χ4n) is 2.93. The Morgan fingerprint density at radius 3 is 2.42 bits per heavy atom. The van der Waals surface area contributed by atoms with E-state index in [1.165, 1.54) is 5.56 Å². The van der Waals surface area contributed by atoms with Gasteiger partial charge in [0, 0.05) is 56.1 Å². The summed E-state index contributed by atoms with van der Waals surface area (Å²) in [6.45, 7) is 4.00. The standard InChI is InChI=1S/C17H22ClN5O.2ClH/c18-14-3-1-13(2-4-14)11-22-5-7-23(8-6-22)17(24)16(19)9-15-10-20-12-21-15;;/h1-4,10,12,16H,5-9,11,19H2,(H,20,21);2*1H/t16-;;/m0../s1. The molecule has 1 amide bonds.